The van der Waals surface area contributed by atoms with Gasteiger partial charge in [-0.15, -0.1) is 0 Å². The van der Waals surface area contributed by atoms with Crippen LogP contribution in [0, 0.1) is 6.92 Å². The molecule has 1 aliphatic rings. The van der Waals surface area contributed by atoms with Crippen LogP contribution in [0.15, 0.2) is 35.1 Å². The van der Waals surface area contributed by atoms with Gasteiger partial charge in [-0.05, 0) is 37.5 Å². The summed E-state index contributed by atoms with van der Waals surface area (Å²) in [6, 6.07) is 6.60. The minimum Gasteiger partial charge on any atom is -0.361 e. The van der Waals surface area contributed by atoms with E-state index in [0.29, 0.717) is 11.2 Å². The summed E-state index contributed by atoms with van der Waals surface area (Å²) >= 11 is 6.55. The number of aromatic nitrogens is 4. The summed E-state index contributed by atoms with van der Waals surface area (Å²) in [6.45, 7) is 3.48. The number of pyridine rings is 1. The van der Waals surface area contributed by atoms with Crippen LogP contribution < -0.4 is 0 Å². The zero-order valence-electron chi connectivity index (χ0n) is 14.3. The van der Waals surface area contributed by atoms with Crippen LogP contribution in [0.25, 0.3) is 11.4 Å². The highest BCUT2D eigenvalue weighted by molar-refractivity contribution is 6.30. The zero-order chi connectivity index (χ0) is 17.4. The molecule has 1 fully saturated rings. The Bertz CT molecular complexity index is 869. The Balaban J connectivity index is 1.64. The lowest BCUT2D eigenvalue weighted by atomic mass is 10.1. The van der Waals surface area contributed by atoms with E-state index in [1.54, 1.807) is 4.68 Å². The Morgan fingerprint density at radius 3 is 2.68 bits per heavy atom. The Kier molecular flexibility index (Phi) is 4.31. The van der Waals surface area contributed by atoms with Crippen LogP contribution in [0.5, 0.6) is 0 Å². The van der Waals surface area contributed by atoms with E-state index < -0.39 is 0 Å². The van der Waals surface area contributed by atoms with Gasteiger partial charge in [-0.2, -0.15) is 5.10 Å². The van der Waals surface area contributed by atoms with Crippen LogP contribution in [0.2, 0.25) is 5.15 Å². The fraction of sp³-hybridized carbons (Fsp3) is 0.389. The van der Waals surface area contributed by atoms with Crippen molar-refractivity contribution >= 4 is 11.6 Å². The summed E-state index contributed by atoms with van der Waals surface area (Å²) < 4.78 is 6.92. The molecule has 3 aromatic rings. The van der Waals surface area contributed by atoms with Crippen molar-refractivity contribution in [2.75, 3.05) is 0 Å². The molecule has 1 aliphatic carbocycles. The SMILES string of the molecule is Cc1cc(-c2nn(C)c(Cl)c2CN(Cc2ccncc2)C2CC2)no1. The number of rotatable bonds is 6. The van der Waals surface area contributed by atoms with Gasteiger partial charge < -0.3 is 4.52 Å². The van der Waals surface area contributed by atoms with Crippen LogP contribution >= 0.6 is 11.6 Å². The minimum absolute atomic E-state index is 0.594. The first-order valence-corrected chi connectivity index (χ1v) is 8.77. The van der Waals surface area contributed by atoms with E-state index in [2.05, 4.69) is 32.3 Å². The van der Waals surface area contributed by atoms with E-state index in [0.717, 1.165) is 35.8 Å². The van der Waals surface area contributed by atoms with Gasteiger partial charge in [0.25, 0.3) is 0 Å². The molecular weight excluding hydrogens is 338 g/mol. The van der Waals surface area contributed by atoms with Crippen LogP contribution in [-0.2, 0) is 20.1 Å². The average Bonchev–Trinajstić information content (AvgIpc) is 3.32. The van der Waals surface area contributed by atoms with Gasteiger partial charge in [-0.3, -0.25) is 14.6 Å². The predicted octanol–water partition coefficient (Wildman–Crippen LogP) is 3.60. The number of aryl methyl sites for hydroxylation is 2. The molecule has 1 saturated carbocycles. The molecule has 0 bridgehead atoms. The highest BCUT2D eigenvalue weighted by atomic mass is 35.5. The van der Waals surface area contributed by atoms with Gasteiger partial charge in [0.1, 0.15) is 22.3 Å². The fourth-order valence-electron chi connectivity index (χ4n) is 3.05. The lowest BCUT2D eigenvalue weighted by molar-refractivity contribution is 0.246. The molecule has 0 unspecified atom stereocenters. The molecule has 25 heavy (non-hydrogen) atoms. The van der Waals surface area contributed by atoms with E-state index >= 15 is 0 Å². The Morgan fingerprint density at radius 2 is 2.04 bits per heavy atom. The van der Waals surface area contributed by atoms with Crippen molar-refractivity contribution in [1.82, 2.24) is 24.8 Å². The Labute approximate surface area is 151 Å². The van der Waals surface area contributed by atoms with Crippen molar-refractivity contribution in [1.29, 1.82) is 0 Å². The highest BCUT2D eigenvalue weighted by Gasteiger charge is 2.31. The van der Waals surface area contributed by atoms with Crippen LogP contribution in [0.4, 0.5) is 0 Å². The van der Waals surface area contributed by atoms with E-state index in [-0.39, 0.29) is 0 Å². The van der Waals surface area contributed by atoms with E-state index in [9.17, 15) is 0 Å². The molecule has 0 atom stereocenters. The standard InChI is InChI=1S/C18H20ClN5O/c1-12-9-16(22-25-12)17-15(18(19)23(2)21-17)11-24(14-3-4-14)10-13-5-7-20-8-6-13/h5-9,14H,3-4,10-11H2,1-2H3. The van der Waals surface area contributed by atoms with Crippen molar-refractivity contribution in [3.05, 3.63) is 52.6 Å². The Morgan fingerprint density at radius 1 is 1.28 bits per heavy atom. The third-order valence-corrected chi connectivity index (χ3v) is 4.97. The number of hydrogen-bond acceptors (Lipinski definition) is 5. The van der Waals surface area contributed by atoms with Gasteiger partial charge in [-0.1, -0.05) is 16.8 Å². The van der Waals surface area contributed by atoms with Gasteiger partial charge in [0.15, 0.2) is 0 Å². The number of nitrogens with zero attached hydrogens (tertiary/aromatic N) is 5. The molecule has 0 radical (unpaired) electrons. The molecule has 0 saturated heterocycles. The van der Waals surface area contributed by atoms with Crippen LogP contribution in [0.1, 0.15) is 29.7 Å². The lowest BCUT2D eigenvalue weighted by Crippen LogP contribution is -2.25. The topological polar surface area (TPSA) is 60.0 Å². The maximum Gasteiger partial charge on any atom is 0.134 e. The molecule has 130 valence electrons. The summed E-state index contributed by atoms with van der Waals surface area (Å²) in [5.74, 6) is 0.763. The summed E-state index contributed by atoms with van der Waals surface area (Å²) in [5.41, 5.74) is 3.78. The quantitative estimate of drug-likeness (QED) is 0.674. The molecule has 0 aromatic carbocycles. The van der Waals surface area contributed by atoms with Crippen molar-refractivity contribution in [3.8, 4) is 11.4 Å². The largest absolute Gasteiger partial charge is 0.361 e. The molecule has 3 heterocycles. The second kappa shape index (κ2) is 6.61. The summed E-state index contributed by atoms with van der Waals surface area (Å²) in [6.07, 6.45) is 6.12. The maximum atomic E-state index is 6.55. The summed E-state index contributed by atoms with van der Waals surface area (Å²) in [4.78, 5) is 6.55. The third-order valence-electron chi connectivity index (χ3n) is 4.50. The van der Waals surface area contributed by atoms with Gasteiger partial charge in [0.2, 0.25) is 0 Å². The zero-order valence-corrected chi connectivity index (χ0v) is 15.1. The molecule has 7 heteroatoms. The van der Waals surface area contributed by atoms with Gasteiger partial charge in [0, 0.05) is 50.2 Å². The van der Waals surface area contributed by atoms with Gasteiger partial charge >= 0.3 is 0 Å². The van der Waals surface area contributed by atoms with Crippen molar-refractivity contribution in [2.45, 2.75) is 38.9 Å². The molecule has 6 nitrogen and oxygen atoms in total. The second-order valence-corrected chi connectivity index (χ2v) is 6.91. The smallest absolute Gasteiger partial charge is 0.134 e. The highest BCUT2D eigenvalue weighted by Crippen LogP contribution is 2.34. The van der Waals surface area contributed by atoms with Crippen LogP contribution in [-0.4, -0.2) is 30.9 Å². The molecular formula is C18H20ClN5O. The molecule has 0 amide bonds. The predicted molar refractivity (Wildman–Crippen MR) is 95.0 cm³/mol. The number of hydrogen-bond donors (Lipinski definition) is 0. The molecule has 4 rings (SSSR count). The molecule has 0 N–H and O–H groups in total. The van der Waals surface area contributed by atoms with Crippen LogP contribution in [0.3, 0.4) is 0 Å². The lowest BCUT2D eigenvalue weighted by Gasteiger charge is -2.22. The molecule has 3 aromatic heterocycles. The monoisotopic (exact) mass is 357 g/mol. The fourth-order valence-corrected chi connectivity index (χ4v) is 3.24. The maximum absolute atomic E-state index is 6.55. The first-order valence-electron chi connectivity index (χ1n) is 8.40. The van der Waals surface area contributed by atoms with Crippen molar-refractivity contribution in [3.63, 3.8) is 0 Å². The van der Waals surface area contributed by atoms with E-state index in [1.807, 2.05) is 32.4 Å². The van der Waals surface area contributed by atoms with Gasteiger partial charge in [0.05, 0.1) is 0 Å². The van der Waals surface area contributed by atoms with Crippen molar-refractivity contribution < 1.29 is 4.52 Å². The van der Waals surface area contributed by atoms with E-state index in [1.165, 1.54) is 18.4 Å². The second-order valence-electron chi connectivity index (χ2n) is 6.56. The first-order chi connectivity index (χ1) is 12.1. The third kappa shape index (κ3) is 3.45. The van der Waals surface area contributed by atoms with Crippen molar-refractivity contribution in [2.24, 2.45) is 7.05 Å². The molecule has 0 spiro atoms. The molecule has 0 aliphatic heterocycles. The average molecular weight is 358 g/mol. The summed E-state index contributed by atoms with van der Waals surface area (Å²) in [7, 11) is 1.85. The Hall–Kier alpha value is -2.18. The van der Waals surface area contributed by atoms with E-state index in [4.69, 9.17) is 16.1 Å². The first kappa shape index (κ1) is 16.3. The summed E-state index contributed by atoms with van der Waals surface area (Å²) in [5, 5.41) is 9.32. The van der Waals surface area contributed by atoms with Gasteiger partial charge in [-0.25, -0.2) is 0 Å². The normalized spacial score (nSPS) is 14.4. The number of halogens is 1. The minimum atomic E-state index is 0.594.